The van der Waals surface area contributed by atoms with Crippen molar-refractivity contribution in [3.8, 4) is 5.75 Å². The minimum absolute atomic E-state index is 0.217. The summed E-state index contributed by atoms with van der Waals surface area (Å²) in [7, 11) is 1.66. The quantitative estimate of drug-likeness (QED) is 0.897. The van der Waals surface area contributed by atoms with Crippen molar-refractivity contribution in [3.05, 3.63) is 23.8 Å². The van der Waals surface area contributed by atoms with E-state index >= 15 is 0 Å². The SMILES string of the molecule is COc1ccc2c(c1)N(CC1CCCNC1)C(=O)C2. The maximum absolute atomic E-state index is 12.2. The van der Waals surface area contributed by atoms with Crippen LogP contribution < -0.4 is 15.0 Å². The monoisotopic (exact) mass is 260 g/mol. The molecule has 1 aromatic carbocycles. The van der Waals surface area contributed by atoms with Crippen molar-refractivity contribution in [3.63, 3.8) is 0 Å². The zero-order valence-corrected chi connectivity index (χ0v) is 11.3. The van der Waals surface area contributed by atoms with E-state index in [9.17, 15) is 4.79 Å². The summed E-state index contributed by atoms with van der Waals surface area (Å²) in [5.41, 5.74) is 2.16. The Morgan fingerprint density at radius 3 is 3.11 bits per heavy atom. The molecule has 2 aliphatic rings. The van der Waals surface area contributed by atoms with E-state index in [1.165, 1.54) is 12.8 Å². The molecule has 19 heavy (non-hydrogen) atoms. The molecule has 102 valence electrons. The number of nitrogens with one attached hydrogen (secondary N) is 1. The molecule has 1 saturated heterocycles. The van der Waals surface area contributed by atoms with Gasteiger partial charge in [-0.25, -0.2) is 0 Å². The molecule has 1 atom stereocenters. The van der Waals surface area contributed by atoms with Gasteiger partial charge >= 0.3 is 0 Å². The van der Waals surface area contributed by atoms with Crippen LogP contribution in [0.25, 0.3) is 0 Å². The molecule has 0 bridgehead atoms. The number of carbonyl (C=O) groups excluding carboxylic acids is 1. The number of amides is 1. The Morgan fingerprint density at radius 1 is 1.47 bits per heavy atom. The molecule has 0 radical (unpaired) electrons. The van der Waals surface area contributed by atoms with Crippen molar-refractivity contribution >= 4 is 11.6 Å². The molecule has 0 saturated carbocycles. The van der Waals surface area contributed by atoms with Crippen LogP contribution in [0.15, 0.2) is 18.2 Å². The fraction of sp³-hybridized carbons (Fsp3) is 0.533. The van der Waals surface area contributed by atoms with E-state index in [2.05, 4.69) is 5.32 Å². The molecule has 4 nitrogen and oxygen atoms in total. The minimum atomic E-state index is 0.217. The maximum atomic E-state index is 12.2. The largest absolute Gasteiger partial charge is 0.497 e. The Labute approximate surface area is 113 Å². The molecule has 1 aromatic rings. The van der Waals surface area contributed by atoms with E-state index < -0.39 is 0 Å². The Hall–Kier alpha value is -1.55. The average molecular weight is 260 g/mol. The molecular formula is C15H20N2O2. The van der Waals surface area contributed by atoms with Gasteiger partial charge in [-0.1, -0.05) is 6.07 Å². The fourth-order valence-corrected chi connectivity index (χ4v) is 3.00. The van der Waals surface area contributed by atoms with Gasteiger partial charge in [-0.05, 0) is 43.5 Å². The van der Waals surface area contributed by atoms with E-state index in [0.29, 0.717) is 12.3 Å². The highest BCUT2D eigenvalue weighted by Gasteiger charge is 2.29. The van der Waals surface area contributed by atoms with Crippen LogP contribution >= 0.6 is 0 Å². The Morgan fingerprint density at radius 2 is 2.37 bits per heavy atom. The number of methoxy groups -OCH3 is 1. The molecule has 3 rings (SSSR count). The molecule has 1 amide bonds. The highest BCUT2D eigenvalue weighted by molar-refractivity contribution is 6.01. The summed E-state index contributed by atoms with van der Waals surface area (Å²) in [5, 5.41) is 3.41. The summed E-state index contributed by atoms with van der Waals surface area (Å²) < 4.78 is 5.26. The Kier molecular flexibility index (Phi) is 3.42. The summed E-state index contributed by atoms with van der Waals surface area (Å²) in [5.74, 6) is 1.60. The van der Waals surface area contributed by atoms with Gasteiger partial charge in [0, 0.05) is 12.6 Å². The van der Waals surface area contributed by atoms with Gasteiger partial charge in [-0.2, -0.15) is 0 Å². The molecule has 1 N–H and O–H groups in total. The second kappa shape index (κ2) is 5.21. The van der Waals surface area contributed by atoms with Crippen molar-refractivity contribution in [2.75, 3.05) is 31.6 Å². The van der Waals surface area contributed by atoms with Crippen molar-refractivity contribution in [2.45, 2.75) is 19.3 Å². The number of hydrogen-bond donors (Lipinski definition) is 1. The molecule has 2 aliphatic heterocycles. The lowest BCUT2D eigenvalue weighted by Crippen LogP contribution is -2.39. The van der Waals surface area contributed by atoms with Crippen molar-refractivity contribution in [1.82, 2.24) is 5.32 Å². The lowest BCUT2D eigenvalue weighted by molar-refractivity contribution is -0.117. The molecular weight excluding hydrogens is 240 g/mol. The fourth-order valence-electron chi connectivity index (χ4n) is 3.00. The standard InChI is InChI=1S/C15H20N2O2/c1-19-13-5-4-12-7-15(18)17(14(12)8-13)10-11-3-2-6-16-9-11/h4-5,8,11,16H,2-3,6-7,9-10H2,1H3. The van der Waals surface area contributed by atoms with Crippen molar-refractivity contribution < 1.29 is 9.53 Å². The number of carbonyl (C=O) groups is 1. The average Bonchev–Trinajstić information content (AvgIpc) is 2.76. The molecule has 1 unspecified atom stereocenters. The first-order valence-electron chi connectivity index (χ1n) is 6.96. The zero-order valence-electron chi connectivity index (χ0n) is 11.3. The smallest absolute Gasteiger partial charge is 0.231 e. The van der Waals surface area contributed by atoms with Crippen LogP contribution in [0.5, 0.6) is 5.75 Å². The van der Waals surface area contributed by atoms with Crippen LogP contribution in [0.1, 0.15) is 18.4 Å². The van der Waals surface area contributed by atoms with E-state index in [-0.39, 0.29) is 5.91 Å². The molecule has 2 heterocycles. The second-order valence-electron chi connectivity index (χ2n) is 5.39. The van der Waals surface area contributed by atoms with Gasteiger partial charge in [0.1, 0.15) is 5.75 Å². The van der Waals surface area contributed by atoms with Gasteiger partial charge < -0.3 is 15.0 Å². The third-order valence-electron chi connectivity index (χ3n) is 4.07. The molecule has 0 spiro atoms. The molecule has 0 aromatic heterocycles. The number of anilines is 1. The summed E-state index contributed by atoms with van der Waals surface area (Å²) in [6.45, 7) is 2.95. The molecule has 0 aliphatic carbocycles. The summed E-state index contributed by atoms with van der Waals surface area (Å²) in [6.07, 6.45) is 2.94. The summed E-state index contributed by atoms with van der Waals surface area (Å²) >= 11 is 0. The number of rotatable bonds is 3. The number of ether oxygens (including phenoxy) is 1. The van der Waals surface area contributed by atoms with Crippen LogP contribution in [0.3, 0.4) is 0 Å². The Balaban J connectivity index is 1.80. The number of nitrogens with zero attached hydrogens (tertiary/aromatic N) is 1. The normalized spacial score (nSPS) is 22.5. The third-order valence-corrected chi connectivity index (χ3v) is 4.07. The van der Waals surface area contributed by atoms with Crippen molar-refractivity contribution in [1.29, 1.82) is 0 Å². The van der Waals surface area contributed by atoms with Gasteiger partial charge in [0.25, 0.3) is 0 Å². The van der Waals surface area contributed by atoms with E-state index in [4.69, 9.17) is 4.74 Å². The highest BCUT2D eigenvalue weighted by atomic mass is 16.5. The predicted octanol–water partition coefficient (Wildman–Crippen LogP) is 1.58. The van der Waals surface area contributed by atoms with Gasteiger partial charge in [0.15, 0.2) is 0 Å². The number of fused-ring (bicyclic) bond motifs is 1. The maximum Gasteiger partial charge on any atom is 0.231 e. The lowest BCUT2D eigenvalue weighted by Gasteiger charge is -2.28. The van der Waals surface area contributed by atoms with Gasteiger partial charge in [-0.3, -0.25) is 4.79 Å². The van der Waals surface area contributed by atoms with Gasteiger partial charge in [0.05, 0.1) is 19.2 Å². The number of benzene rings is 1. The van der Waals surface area contributed by atoms with Gasteiger partial charge in [-0.15, -0.1) is 0 Å². The summed E-state index contributed by atoms with van der Waals surface area (Å²) in [4.78, 5) is 14.1. The van der Waals surface area contributed by atoms with Crippen LogP contribution in [-0.2, 0) is 11.2 Å². The minimum Gasteiger partial charge on any atom is -0.497 e. The van der Waals surface area contributed by atoms with E-state index in [1.807, 2.05) is 23.1 Å². The third kappa shape index (κ3) is 2.45. The first kappa shape index (κ1) is 12.5. The van der Waals surface area contributed by atoms with Crippen LogP contribution in [0.4, 0.5) is 5.69 Å². The summed E-state index contributed by atoms with van der Waals surface area (Å²) in [6, 6.07) is 5.92. The van der Waals surface area contributed by atoms with E-state index in [0.717, 1.165) is 36.6 Å². The van der Waals surface area contributed by atoms with Crippen molar-refractivity contribution in [2.24, 2.45) is 5.92 Å². The van der Waals surface area contributed by atoms with Crippen LogP contribution in [-0.4, -0.2) is 32.7 Å². The van der Waals surface area contributed by atoms with Gasteiger partial charge in [0.2, 0.25) is 5.91 Å². The first-order chi connectivity index (χ1) is 9.28. The predicted molar refractivity (Wildman–Crippen MR) is 74.6 cm³/mol. The number of hydrogen-bond acceptors (Lipinski definition) is 3. The first-order valence-corrected chi connectivity index (χ1v) is 6.96. The topological polar surface area (TPSA) is 41.6 Å². The Bertz CT molecular complexity index is 481. The number of piperidine rings is 1. The van der Waals surface area contributed by atoms with Crippen LogP contribution in [0.2, 0.25) is 0 Å². The molecule has 4 heteroatoms. The second-order valence-corrected chi connectivity index (χ2v) is 5.39. The highest BCUT2D eigenvalue weighted by Crippen LogP contribution is 2.33. The van der Waals surface area contributed by atoms with E-state index in [1.54, 1.807) is 7.11 Å². The zero-order chi connectivity index (χ0) is 13.2. The lowest BCUT2D eigenvalue weighted by atomic mass is 9.99. The molecule has 1 fully saturated rings. The van der Waals surface area contributed by atoms with Crippen LogP contribution in [0, 0.1) is 5.92 Å².